The highest BCUT2D eigenvalue weighted by Gasteiger charge is 2.26. The van der Waals surface area contributed by atoms with E-state index in [2.05, 4.69) is 19.2 Å². The minimum atomic E-state index is -0.346. The summed E-state index contributed by atoms with van der Waals surface area (Å²) in [5, 5.41) is 24.0. The molecule has 0 aliphatic rings. The molecule has 1 atom stereocenters. The third-order valence-electron chi connectivity index (χ3n) is 4.55. The second-order valence-corrected chi connectivity index (χ2v) is 5.77. The van der Waals surface area contributed by atoms with Crippen LogP contribution in [0.3, 0.4) is 0 Å². The molecule has 1 aromatic carbocycles. The molecule has 1 unspecified atom stereocenters. The summed E-state index contributed by atoms with van der Waals surface area (Å²) in [6.45, 7) is 8.71. The molecular formula is C16H26N2O3. The maximum atomic E-state index is 11.0. The lowest BCUT2D eigenvalue weighted by molar-refractivity contribution is -0.385. The molecule has 0 heterocycles. The van der Waals surface area contributed by atoms with Gasteiger partial charge in [0.25, 0.3) is 5.69 Å². The van der Waals surface area contributed by atoms with Gasteiger partial charge in [-0.2, -0.15) is 0 Å². The van der Waals surface area contributed by atoms with Gasteiger partial charge in [0, 0.05) is 36.2 Å². The second kappa shape index (κ2) is 7.52. The van der Waals surface area contributed by atoms with Crippen molar-refractivity contribution >= 4 is 5.69 Å². The Morgan fingerprint density at radius 2 is 2.00 bits per heavy atom. The lowest BCUT2D eigenvalue weighted by Gasteiger charge is -2.31. The predicted octanol–water partition coefficient (Wildman–Crippen LogP) is 3.35. The van der Waals surface area contributed by atoms with Crippen molar-refractivity contribution in [2.75, 3.05) is 13.2 Å². The monoisotopic (exact) mass is 294 g/mol. The van der Waals surface area contributed by atoms with E-state index < -0.39 is 0 Å². The Labute approximate surface area is 126 Å². The third-order valence-corrected chi connectivity index (χ3v) is 4.55. The summed E-state index contributed by atoms with van der Waals surface area (Å²) in [7, 11) is 0. The molecule has 2 N–H and O–H groups in total. The van der Waals surface area contributed by atoms with Gasteiger partial charge in [-0.3, -0.25) is 10.1 Å². The van der Waals surface area contributed by atoms with Crippen molar-refractivity contribution in [2.24, 2.45) is 5.41 Å². The Bertz CT molecular complexity index is 476. The molecule has 5 nitrogen and oxygen atoms in total. The number of rotatable bonds is 8. The Morgan fingerprint density at radius 1 is 1.38 bits per heavy atom. The fourth-order valence-electron chi connectivity index (χ4n) is 2.36. The summed E-state index contributed by atoms with van der Waals surface area (Å²) in [6, 6.07) is 5.34. The predicted molar refractivity (Wildman–Crippen MR) is 84.4 cm³/mol. The summed E-state index contributed by atoms with van der Waals surface area (Å²) < 4.78 is 0. The zero-order valence-electron chi connectivity index (χ0n) is 13.3. The van der Waals surface area contributed by atoms with E-state index in [1.807, 2.05) is 13.0 Å². The lowest BCUT2D eigenvalue weighted by atomic mass is 9.83. The van der Waals surface area contributed by atoms with Crippen molar-refractivity contribution in [1.29, 1.82) is 0 Å². The molecule has 21 heavy (non-hydrogen) atoms. The van der Waals surface area contributed by atoms with Gasteiger partial charge in [0.15, 0.2) is 0 Å². The zero-order valence-corrected chi connectivity index (χ0v) is 13.3. The van der Waals surface area contributed by atoms with Crippen LogP contribution in [0.25, 0.3) is 0 Å². The van der Waals surface area contributed by atoms with Crippen molar-refractivity contribution in [3.05, 3.63) is 39.4 Å². The molecule has 118 valence electrons. The standard InChI is InChI=1S/C16H26N2O3/c1-5-16(6-2,11-19)10-17-13(4)14-8-7-12(3)15(9-14)18(20)21/h7-9,13,17,19H,5-6,10-11H2,1-4H3. The highest BCUT2D eigenvalue weighted by atomic mass is 16.6. The molecule has 0 aliphatic heterocycles. The molecule has 0 radical (unpaired) electrons. The number of aliphatic hydroxyl groups is 1. The normalized spacial score (nSPS) is 13.2. The van der Waals surface area contributed by atoms with E-state index in [0.717, 1.165) is 18.4 Å². The van der Waals surface area contributed by atoms with Crippen LogP contribution in [0.1, 0.15) is 50.8 Å². The quantitative estimate of drug-likeness (QED) is 0.569. The molecule has 0 aromatic heterocycles. The fourth-order valence-corrected chi connectivity index (χ4v) is 2.36. The molecule has 0 saturated heterocycles. The minimum absolute atomic E-state index is 0.00771. The van der Waals surface area contributed by atoms with E-state index in [4.69, 9.17) is 0 Å². The van der Waals surface area contributed by atoms with Crippen LogP contribution in [0.15, 0.2) is 18.2 Å². The third kappa shape index (κ3) is 4.25. The summed E-state index contributed by atoms with van der Waals surface area (Å²) >= 11 is 0. The van der Waals surface area contributed by atoms with E-state index in [9.17, 15) is 15.2 Å². The van der Waals surface area contributed by atoms with Gasteiger partial charge in [-0.25, -0.2) is 0 Å². The van der Waals surface area contributed by atoms with Crippen molar-refractivity contribution in [2.45, 2.75) is 46.6 Å². The van der Waals surface area contributed by atoms with Crippen molar-refractivity contribution in [3.63, 3.8) is 0 Å². The van der Waals surface area contributed by atoms with Crippen LogP contribution in [-0.4, -0.2) is 23.2 Å². The number of nitro benzene ring substituents is 1. The van der Waals surface area contributed by atoms with Crippen molar-refractivity contribution in [1.82, 2.24) is 5.32 Å². The first-order chi connectivity index (χ1) is 9.89. The second-order valence-electron chi connectivity index (χ2n) is 5.77. The first-order valence-corrected chi connectivity index (χ1v) is 7.48. The highest BCUT2D eigenvalue weighted by molar-refractivity contribution is 5.43. The largest absolute Gasteiger partial charge is 0.396 e. The number of nitro groups is 1. The number of aryl methyl sites for hydroxylation is 1. The molecule has 0 bridgehead atoms. The molecular weight excluding hydrogens is 268 g/mol. The van der Waals surface area contributed by atoms with Gasteiger partial charge in [0.05, 0.1) is 4.92 Å². The topological polar surface area (TPSA) is 75.4 Å². The van der Waals surface area contributed by atoms with Crippen LogP contribution in [-0.2, 0) is 0 Å². The van der Waals surface area contributed by atoms with Crippen LogP contribution < -0.4 is 5.32 Å². The van der Waals surface area contributed by atoms with Crippen molar-refractivity contribution < 1.29 is 10.0 Å². The number of hydrogen-bond acceptors (Lipinski definition) is 4. The minimum Gasteiger partial charge on any atom is -0.396 e. The van der Waals surface area contributed by atoms with Gasteiger partial charge < -0.3 is 10.4 Å². The van der Waals surface area contributed by atoms with E-state index >= 15 is 0 Å². The average molecular weight is 294 g/mol. The Hall–Kier alpha value is -1.46. The maximum absolute atomic E-state index is 11.0. The summed E-state index contributed by atoms with van der Waals surface area (Å²) in [4.78, 5) is 10.7. The average Bonchev–Trinajstić information content (AvgIpc) is 2.49. The van der Waals surface area contributed by atoms with Gasteiger partial charge in [-0.05, 0) is 32.3 Å². The van der Waals surface area contributed by atoms with Crippen LogP contribution in [0.2, 0.25) is 0 Å². The smallest absolute Gasteiger partial charge is 0.272 e. The van der Waals surface area contributed by atoms with E-state index in [-0.39, 0.29) is 28.7 Å². The SMILES string of the molecule is CCC(CC)(CO)CNC(C)c1ccc(C)c([N+](=O)[O-])c1. The number of benzene rings is 1. The van der Waals surface area contributed by atoms with Crippen LogP contribution in [0.4, 0.5) is 5.69 Å². The van der Waals surface area contributed by atoms with Gasteiger partial charge in [-0.1, -0.05) is 26.0 Å². The van der Waals surface area contributed by atoms with Crippen LogP contribution >= 0.6 is 0 Å². The number of aliphatic hydroxyl groups excluding tert-OH is 1. The van der Waals surface area contributed by atoms with Gasteiger partial charge >= 0.3 is 0 Å². The van der Waals surface area contributed by atoms with E-state index in [1.54, 1.807) is 19.1 Å². The Morgan fingerprint density at radius 3 is 2.48 bits per heavy atom. The molecule has 0 saturated carbocycles. The Kier molecular flexibility index (Phi) is 6.30. The molecule has 0 spiro atoms. The van der Waals surface area contributed by atoms with Gasteiger partial charge in [-0.15, -0.1) is 0 Å². The number of nitrogens with one attached hydrogen (secondary N) is 1. The number of hydrogen-bond donors (Lipinski definition) is 2. The first kappa shape index (κ1) is 17.6. The zero-order chi connectivity index (χ0) is 16.0. The van der Waals surface area contributed by atoms with E-state index in [1.165, 1.54) is 0 Å². The maximum Gasteiger partial charge on any atom is 0.272 e. The fraction of sp³-hybridized carbons (Fsp3) is 0.625. The summed E-state index contributed by atoms with van der Waals surface area (Å²) in [6.07, 6.45) is 1.79. The van der Waals surface area contributed by atoms with Crippen LogP contribution in [0.5, 0.6) is 0 Å². The molecule has 0 amide bonds. The Balaban J connectivity index is 2.83. The van der Waals surface area contributed by atoms with E-state index in [0.29, 0.717) is 12.1 Å². The highest BCUT2D eigenvalue weighted by Crippen LogP contribution is 2.27. The van der Waals surface area contributed by atoms with Gasteiger partial charge in [0.2, 0.25) is 0 Å². The van der Waals surface area contributed by atoms with Crippen molar-refractivity contribution in [3.8, 4) is 0 Å². The molecule has 0 aliphatic carbocycles. The first-order valence-electron chi connectivity index (χ1n) is 7.48. The number of nitrogens with zero attached hydrogens (tertiary/aromatic N) is 1. The molecule has 0 fully saturated rings. The molecule has 1 rings (SSSR count). The molecule has 5 heteroatoms. The van der Waals surface area contributed by atoms with Gasteiger partial charge in [0.1, 0.15) is 0 Å². The summed E-state index contributed by atoms with van der Waals surface area (Å²) in [5.41, 5.74) is 1.60. The molecule has 1 aromatic rings. The lowest BCUT2D eigenvalue weighted by Crippen LogP contribution is -2.37. The summed E-state index contributed by atoms with van der Waals surface area (Å²) in [5.74, 6) is 0. The van der Waals surface area contributed by atoms with Crippen LogP contribution in [0, 0.1) is 22.5 Å².